The Labute approximate surface area is 150 Å². The van der Waals surface area contributed by atoms with Crippen molar-refractivity contribution in [2.45, 2.75) is 25.9 Å². The second kappa shape index (κ2) is 8.94. The first-order valence-corrected chi connectivity index (χ1v) is 8.66. The van der Waals surface area contributed by atoms with E-state index in [0.29, 0.717) is 12.3 Å². The first-order valence-electron chi connectivity index (χ1n) is 7.49. The van der Waals surface area contributed by atoms with Crippen molar-refractivity contribution in [3.05, 3.63) is 63.6 Å². The molecule has 0 saturated heterocycles. The minimum absolute atomic E-state index is 0.107. The molecule has 0 spiro atoms. The molecule has 0 heterocycles. The summed E-state index contributed by atoms with van der Waals surface area (Å²) < 4.78 is 6.59. The predicted molar refractivity (Wildman–Crippen MR) is 97.0 cm³/mol. The van der Waals surface area contributed by atoms with E-state index in [1.165, 1.54) is 5.56 Å². The number of carbonyl (C=O) groups is 1. The third-order valence-electron chi connectivity index (χ3n) is 3.35. The van der Waals surface area contributed by atoms with Crippen LogP contribution in [-0.4, -0.2) is 18.6 Å². The van der Waals surface area contributed by atoms with E-state index < -0.39 is 6.10 Å². The first kappa shape index (κ1) is 17.8. The summed E-state index contributed by atoms with van der Waals surface area (Å²) >= 11 is 9.21. The number of carbonyl (C=O) groups excluding carboxylic acids is 1. The maximum atomic E-state index is 12.0. The van der Waals surface area contributed by atoms with Gasteiger partial charge >= 0.3 is 0 Å². The first-order chi connectivity index (χ1) is 11.0. The third-order valence-corrected chi connectivity index (χ3v) is 4.13. The van der Waals surface area contributed by atoms with E-state index in [1.54, 1.807) is 6.92 Å². The molecule has 0 bridgehead atoms. The minimum Gasteiger partial charge on any atom is -0.481 e. The Balaban J connectivity index is 1.69. The van der Waals surface area contributed by atoms with Gasteiger partial charge in [0, 0.05) is 16.0 Å². The maximum absolute atomic E-state index is 12.0. The number of benzene rings is 2. The van der Waals surface area contributed by atoms with Crippen LogP contribution in [0, 0.1) is 0 Å². The molecule has 0 aromatic heterocycles. The van der Waals surface area contributed by atoms with Crippen LogP contribution >= 0.6 is 27.5 Å². The van der Waals surface area contributed by atoms with Crippen molar-refractivity contribution < 1.29 is 9.53 Å². The average molecular weight is 397 g/mol. The molecular formula is C18H19BrClNO2. The molecule has 2 rings (SSSR count). The van der Waals surface area contributed by atoms with Gasteiger partial charge in [-0.1, -0.05) is 39.7 Å². The number of hydrogen-bond acceptors (Lipinski definition) is 2. The molecule has 1 unspecified atom stereocenters. The quantitative estimate of drug-likeness (QED) is 0.694. The molecule has 1 atom stereocenters. The molecule has 0 fully saturated rings. The van der Waals surface area contributed by atoms with Crippen LogP contribution in [0.4, 0.5) is 0 Å². The average Bonchev–Trinajstić information content (AvgIpc) is 2.55. The summed E-state index contributed by atoms with van der Waals surface area (Å²) in [4.78, 5) is 12.0. The van der Waals surface area contributed by atoms with E-state index in [-0.39, 0.29) is 5.91 Å². The molecule has 0 aliphatic carbocycles. The fourth-order valence-electron chi connectivity index (χ4n) is 2.07. The highest BCUT2D eigenvalue weighted by Crippen LogP contribution is 2.17. The van der Waals surface area contributed by atoms with Gasteiger partial charge in [-0.05, 0) is 61.7 Å². The van der Waals surface area contributed by atoms with Crippen molar-refractivity contribution in [1.29, 1.82) is 0 Å². The third kappa shape index (κ3) is 6.24. The fraction of sp³-hybridized carbons (Fsp3) is 0.278. The number of amides is 1. The molecule has 23 heavy (non-hydrogen) atoms. The van der Waals surface area contributed by atoms with Gasteiger partial charge in [-0.25, -0.2) is 0 Å². The van der Waals surface area contributed by atoms with Crippen LogP contribution in [0.1, 0.15) is 18.9 Å². The van der Waals surface area contributed by atoms with E-state index >= 15 is 0 Å². The van der Waals surface area contributed by atoms with Crippen molar-refractivity contribution in [1.82, 2.24) is 5.32 Å². The molecule has 122 valence electrons. The van der Waals surface area contributed by atoms with E-state index in [1.807, 2.05) is 48.5 Å². The zero-order valence-electron chi connectivity index (χ0n) is 12.9. The molecule has 0 radical (unpaired) electrons. The van der Waals surface area contributed by atoms with Crippen LogP contribution in [0.2, 0.25) is 5.02 Å². The monoisotopic (exact) mass is 395 g/mol. The van der Waals surface area contributed by atoms with Gasteiger partial charge in [0.1, 0.15) is 5.75 Å². The smallest absolute Gasteiger partial charge is 0.260 e. The number of halogens is 2. The highest BCUT2D eigenvalue weighted by molar-refractivity contribution is 9.10. The lowest BCUT2D eigenvalue weighted by atomic mass is 10.1. The molecule has 3 nitrogen and oxygen atoms in total. The Bertz CT molecular complexity index is 628. The zero-order chi connectivity index (χ0) is 16.7. The van der Waals surface area contributed by atoms with Gasteiger partial charge in [0.05, 0.1) is 0 Å². The van der Waals surface area contributed by atoms with E-state index in [4.69, 9.17) is 16.3 Å². The molecule has 2 aromatic rings. The Kier molecular flexibility index (Phi) is 6.93. The highest BCUT2D eigenvalue weighted by atomic mass is 79.9. The van der Waals surface area contributed by atoms with Crippen LogP contribution in [0.3, 0.4) is 0 Å². The Morgan fingerprint density at radius 1 is 1.17 bits per heavy atom. The van der Waals surface area contributed by atoms with Crippen molar-refractivity contribution >= 4 is 33.4 Å². The Morgan fingerprint density at radius 2 is 1.83 bits per heavy atom. The summed E-state index contributed by atoms with van der Waals surface area (Å²) in [5.74, 6) is 0.570. The molecular weight excluding hydrogens is 378 g/mol. The van der Waals surface area contributed by atoms with Crippen LogP contribution in [0.15, 0.2) is 53.0 Å². The van der Waals surface area contributed by atoms with Gasteiger partial charge in [0.2, 0.25) is 0 Å². The summed E-state index contributed by atoms with van der Waals surface area (Å²) in [6.45, 7) is 2.37. The van der Waals surface area contributed by atoms with Crippen molar-refractivity contribution in [2.24, 2.45) is 0 Å². The van der Waals surface area contributed by atoms with Gasteiger partial charge in [-0.3, -0.25) is 4.79 Å². The van der Waals surface area contributed by atoms with Crippen LogP contribution in [-0.2, 0) is 11.2 Å². The highest BCUT2D eigenvalue weighted by Gasteiger charge is 2.13. The summed E-state index contributed by atoms with van der Waals surface area (Å²) in [5.41, 5.74) is 1.21. The molecule has 0 aliphatic rings. The van der Waals surface area contributed by atoms with Crippen molar-refractivity contribution in [3.8, 4) is 5.75 Å². The van der Waals surface area contributed by atoms with Crippen LogP contribution < -0.4 is 10.1 Å². The lowest BCUT2D eigenvalue weighted by Gasteiger charge is -2.14. The normalized spacial score (nSPS) is 11.8. The summed E-state index contributed by atoms with van der Waals surface area (Å²) in [6.07, 6.45) is 1.25. The minimum atomic E-state index is -0.522. The van der Waals surface area contributed by atoms with E-state index in [0.717, 1.165) is 22.3 Å². The maximum Gasteiger partial charge on any atom is 0.260 e. The van der Waals surface area contributed by atoms with Gasteiger partial charge in [0.15, 0.2) is 6.10 Å². The van der Waals surface area contributed by atoms with Gasteiger partial charge in [-0.2, -0.15) is 0 Å². The van der Waals surface area contributed by atoms with Gasteiger partial charge in [-0.15, -0.1) is 0 Å². The molecule has 1 amide bonds. The molecule has 0 aliphatic heterocycles. The second-order valence-corrected chi connectivity index (χ2v) is 6.59. The lowest BCUT2D eigenvalue weighted by Crippen LogP contribution is -2.36. The number of aryl methyl sites for hydroxylation is 1. The molecule has 5 heteroatoms. The number of hydrogen-bond donors (Lipinski definition) is 1. The van der Waals surface area contributed by atoms with Gasteiger partial charge in [0.25, 0.3) is 5.91 Å². The predicted octanol–water partition coefficient (Wildman–Crippen LogP) is 4.62. The summed E-state index contributed by atoms with van der Waals surface area (Å²) in [7, 11) is 0. The largest absolute Gasteiger partial charge is 0.481 e. The summed E-state index contributed by atoms with van der Waals surface area (Å²) in [6, 6.07) is 15.2. The lowest BCUT2D eigenvalue weighted by molar-refractivity contribution is -0.127. The molecule has 2 aromatic carbocycles. The van der Waals surface area contributed by atoms with Crippen molar-refractivity contribution in [2.75, 3.05) is 6.54 Å². The number of ether oxygens (including phenoxy) is 1. The molecule has 0 saturated carbocycles. The van der Waals surface area contributed by atoms with Crippen LogP contribution in [0.5, 0.6) is 5.75 Å². The number of nitrogens with one attached hydrogen (secondary N) is 1. The summed E-state index contributed by atoms with van der Waals surface area (Å²) in [5, 5.41) is 3.63. The molecule has 1 N–H and O–H groups in total. The SMILES string of the molecule is CC(Oc1ccc(Br)cc1)C(=O)NCCCc1ccc(Cl)cc1. The topological polar surface area (TPSA) is 38.3 Å². The van der Waals surface area contributed by atoms with E-state index in [2.05, 4.69) is 21.2 Å². The van der Waals surface area contributed by atoms with Crippen molar-refractivity contribution in [3.63, 3.8) is 0 Å². The Hall–Kier alpha value is -1.52. The van der Waals surface area contributed by atoms with Gasteiger partial charge < -0.3 is 10.1 Å². The standard InChI is InChI=1S/C18H19BrClNO2/c1-13(23-17-10-6-15(19)7-11-17)18(22)21-12-2-3-14-4-8-16(20)9-5-14/h4-11,13H,2-3,12H2,1H3,(H,21,22). The fourth-order valence-corrected chi connectivity index (χ4v) is 2.46. The van der Waals surface area contributed by atoms with E-state index in [9.17, 15) is 4.79 Å². The Morgan fingerprint density at radius 3 is 2.48 bits per heavy atom. The number of rotatable bonds is 7. The van der Waals surface area contributed by atoms with Crippen LogP contribution in [0.25, 0.3) is 0 Å². The second-order valence-electron chi connectivity index (χ2n) is 5.24. The zero-order valence-corrected chi connectivity index (χ0v) is 15.2.